The van der Waals surface area contributed by atoms with Crippen molar-refractivity contribution in [2.24, 2.45) is 0 Å². The van der Waals surface area contributed by atoms with Gasteiger partial charge in [-0.1, -0.05) is 48.7 Å². The Hall–Kier alpha value is -2.53. The van der Waals surface area contributed by atoms with Crippen LogP contribution in [-0.4, -0.2) is 19.9 Å². The van der Waals surface area contributed by atoms with Crippen LogP contribution in [0, 0.1) is 6.92 Å². The average molecular weight is 323 g/mol. The maximum atomic E-state index is 10.2. The van der Waals surface area contributed by atoms with E-state index in [0.29, 0.717) is 11.4 Å². The third-order valence-corrected chi connectivity index (χ3v) is 4.20. The topological polar surface area (TPSA) is 50.9 Å². The van der Waals surface area contributed by atoms with Crippen LogP contribution in [0.5, 0.6) is 5.75 Å². The van der Waals surface area contributed by atoms with Crippen LogP contribution in [0.1, 0.15) is 12.5 Å². The number of phenolic OH excluding ortho intramolecular Hbond substituents is 1. The molecule has 0 amide bonds. The van der Waals surface area contributed by atoms with Gasteiger partial charge in [0.15, 0.2) is 5.82 Å². The Morgan fingerprint density at radius 2 is 1.78 bits per heavy atom. The van der Waals surface area contributed by atoms with Crippen LogP contribution >= 0.6 is 11.8 Å². The minimum atomic E-state index is 0.182. The molecule has 116 valence electrons. The molecule has 0 aliphatic heterocycles. The first kappa shape index (κ1) is 15.4. The van der Waals surface area contributed by atoms with E-state index in [2.05, 4.69) is 16.8 Å². The molecule has 0 aliphatic carbocycles. The summed E-state index contributed by atoms with van der Waals surface area (Å²) in [4.78, 5) is 0.927. The molecule has 0 radical (unpaired) electrons. The number of aryl methyl sites for hydroxylation is 1. The summed E-state index contributed by atoms with van der Waals surface area (Å²) in [6, 6.07) is 15.2. The van der Waals surface area contributed by atoms with Crippen molar-refractivity contribution in [3.05, 3.63) is 65.6 Å². The van der Waals surface area contributed by atoms with Gasteiger partial charge in [-0.3, -0.25) is 4.57 Å². The van der Waals surface area contributed by atoms with E-state index < -0.39 is 0 Å². The van der Waals surface area contributed by atoms with Crippen molar-refractivity contribution >= 4 is 11.8 Å². The third-order valence-electron chi connectivity index (χ3n) is 3.40. The molecule has 0 saturated carbocycles. The van der Waals surface area contributed by atoms with Gasteiger partial charge in [-0.15, -0.1) is 10.2 Å². The van der Waals surface area contributed by atoms with Gasteiger partial charge in [-0.2, -0.15) is 0 Å². The zero-order valence-corrected chi connectivity index (χ0v) is 13.8. The third kappa shape index (κ3) is 3.00. The highest BCUT2D eigenvalue weighted by atomic mass is 32.2. The number of aromatic hydroxyl groups is 1. The van der Waals surface area contributed by atoms with E-state index in [1.165, 1.54) is 11.8 Å². The van der Waals surface area contributed by atoms with Crippen LogP contribution in [0.4, 0.5) is 0 Å². The number of hydrogen-bond acceptors (Lipinski definition) is 4. The second-order valence-electron chi connectivity index (χ2n) is 5.25. The van der Waals surface area contributed by atoms with Crippen LogP contribution in [0.25, 0.3) is 17.1 Å². The zero-order chi connectivity index (χ0) is 16.4. The Labute approximate surface area is 139 Å². The molecule has 4 nitrogen and oxygen atoms in total. The summed E-state index contributed by atoms with van der Waals surface area (Å²) in [6.07, 6.45) is 0. The van der Waals surface area contributed by atoms with Crippen molar-refractivity contribution < 1.29 is 5.11 Å². The first-order valence-corrected chi connectivity index (χ1v) is 8.02. The van der Waals surface area contributed by atoms with Crippen LogP contribution < -0.4 is 0 Å². The Morgan fingerprint density at radius 1 is 1.09 bits per heavy atom. The van der Waals surface area contributed by atoms with Crippen molar-refractivity contribution in [2.75, 3.05) is 0 Å². The van der Waals surface area contributed by atoms with Crippen molar-refractivity contribution in [3.63, 3.8) is 0 Å². The standard InChI is InChI=1S/C18H17N3OS/c1-12(2)23-18-20-19-17(14-9-5-7-11-16(14)22)21(18)15-10-6-4-8-13(15)3/h4-11,22H,1H2,2-3H3. The molecule has 0 saturated heterocycles. The Morgan fingerprint density at radius 3 is 2.48 bits per heavy atom. The summed E-state index contributed by atoms with van der Waals surface area (Å²) >= 11 is 1.46. The van der Waals surface area contributed by atoms with Crippen LogP contribution in [0.15, 0.2) is 65.2 Å². The number of hydrogen-bond donors (Lipinski definition) is 1. The van der Waals surface area contributed by atoms with Crippen LogP contribution in [-0.2, 0) is 0 Å². The molecular formula is C18H17N3OS. The molecular weight excluding hydrogens is 306 g/mol. The Balaban J connectivity index is 2.26. The lowest BCUT2D eigenvalue weighted by atomic mass is 10.1. The number of phenols is 1. The van der Waals surface area contributed by atoms with Crippen molar-refractivity contribution in [2.45, 2.75) is 19.0 Å². The maximum Gasteiger partial charge on any atom is 0.200 e. The van der Waals surface area contributed by atoms with E-state index in [4.69, 9.17) is 0 Å². The highest BCUT2D eigenvalue weighted by Gasteiger charge is 2.19. The number of thioether (sulfide) groups is 1. The predicted molar refractivity (Wildman–Crippen MR) is 93.9 cm³/mol. The lowest BCUT2D eigenvalue weighted by Crippen LogP contribution is -2.01. The minimum absolute atomic E-state index is 0.182. The summed E-state index contributed by atoms with van der Waals surface area (Å²) < 4.78 is 1.96. The van der Waals surface area contributed by atoms with Gasteiger partial charge in [0.1, 0.15) is 5.75 Å². The molecule has 0 spiro atoms. The Kier molecular flexibility index (Phi) is 4.21. The van der Waals surface area contributed by atoms with Gasteiger partial charge < -0.3 is 5.11 Å². The second kappa shape index (κ2) is 6.30. The summed E-state index contributed by atoms with van der Waals surface area (Å²) in [5, 5.41) is 19.5. The number of nitrogens with zero attached hydrogens (tertiary/aromatic N) is 3. The molecule has 23 heavy (non-hydrogen) atoms. The smallest absolute Gasteiger partial charge is 0.200 e. The van der Waals surface area contributed by atoms with Gasteiger partial charge >= 0.3 is 0 Å². The van der Waals surface area contributed by atoms with E-state index in [0.717, 1.165) is 21.3 Å². The fraction of sp³-hybridized carbons (Fsp3) is 0.111. The first-order chi connectivity index (χ1) is 11.1. The number of aromatic nitrogens is 3. The highest BCUT2D eigenvalue weighted by Crippen LogP contribution is 2.34. The fourth-order valence-corrected chi connectivity index (χ4v) is 3.03. The molecule has 0 bridgehead atoms. The van der Waals surface area contributed by atoms with Gasteiger partial charge in [0.2, 0.25) is 5.16 Å². The Bertz CT molecular complexity index is 870. The van der Waals surface area contributed by atoms with Gasteiger partial charge in [0.25, 0.3) is 0 Å². The molecule has 2 aromatic carbocycles. The van der Waals surface area contributed by atoms with Gasteiger partial charge in [-0.25, -0.2) is 0 Å². The van der Waals surface area contributed by atoms with Gasteiger partial charge in [-0.05, 0) is 42.5 Å². The normalized spacial score (nSPS) is 10.7. The van der Waals surface area contributed by atoms with E-state index in [1.807, 2.05) is 54.8 Å². The maximum absolute atomic E-state index is 10.2. The molecule has 5 heteroatoms. The predicted octanol–water partition coefficient (Wildman–Crippen LogP) is 4.57. The van der Waals surface area contributed by atoms with E-state index in [-0.39, 0.29) is 5.75 Å². The van der Waals surface area contributed by atoms with Crippen molar-refractivity contribution in [1.29, 1.82) is 0 Å². The summed E-state index contributed by atoms with van der Waals surface area (Å²) in [6.45, 7) is 7.91. The average Bonchev–Trinajstić information content (AvgIpc) is 2.91. The largest absolute Gasteiger partial charge is 0.507 e. The highest BCUT2D eigenvalue weighted by molar-refractivity contribution is 8.02. The van der Waals surface area contributed by atoms with E-state index in [1.54, 1.807) is 12.1 Å². The SMILES string of the molecule is C=C(C)Sc1nnc(-c2ccccc2O)n1-c1ccccc1C. The van der Waals surface area contributed by atoms with Crippen molar-refractivity contribution in [1.82, 2.24) is 14.8 Å². The number of benzene rings is 2. The summed E-state index contributed by atoms with van der Waals surface area (Å²) in [5.74, 6) is 0.794. The number of rotatable bonds is 4. The summed E-state index contributed by atoms with van der Waals surface area (Å²) in [7, 11) is 0. The molecule has 3 rings (SSSR count). The quantitative estimate of drug-likeness (QED) is 0.714. The first-order valence-electron chi connectivity index (χ1n) is 7.21. The van der Waals surface area contributed by atoms with Gasteiger partial charge in [0, 0.05) is 0 Å². The summed E-state index contributed by atoms with van der Waals surface area (Å²) in [5.41, 5.74) is 2.74. The molecule has 0 fully saturated rings. The van der Waals surface area contributed by atoms with Gasteiger partial charge in [0.05, 0.1) is 11.3 Å². The molecule has 1 N–H and O–H groups in total. The number of para-hydroxylation sites is 2. The van der Waals surface area contributed by atoms with E-state index in [9.17, 15) is 5.11 Å². The van der Waals surface area contributed by atoms with E-state index >= 15 is 0 Å². The monoisotopic (exact) mass is 323 g/mol. The minimum Gasteiger partial charge on any atom is -0.507 e. The molecule has 0 atom stereocenters. The zero-order valence-electron chi connectivity index (χ0n) is 13.0. The molecule has 3 aromatic rings. The van der Waals surface area contributed by atoms with Crippen LogP contribution in [0.3, 0.4) is 0 Å². The lowest BCUT2D eigenvalue weighted by Gasteiger charge is -2.13. The number of allylic oxidation sites excluding steroid dienone is 1. The van der Waals surface area contributed by atoms with Crippen LogP contribution in [0.2, 0.25) is 0 Å². The second-order valence-corrected chi connectivity index (χ2v) is 6.52. The lowest BCUT2D eigenvalue weighted by molar-refractivity contribution is 0.476. The fourth-order valence-electron chi connectivity index (χ4n) is 2.36. The molecule has 0 unspecified atom stereocenters. The van der Waals surface area contributed by atoms with Crippen molar-refractivity contribution in [3.8, 4) is 22.8 Å². The molecule has 1 aromatic heterocycles. The molecule has 1 heterocycles. The molecule has 0 aliphatic rings.